The van der Waals surface area contributed by atoms with E-state index in [0.29, 0.717) is 36.2 Å². The van der Waals surface area contributed by atoms with Crippen LogP contribution in [0.4, 0.5) is 5.88 Å². The highest BCUT2D eigenvalue weighted by Crippen LogP contribution is 2.28. The summed E-state index contributed by atoms with van der Waals surface area (Å²) in [6, 6.07) is 6.71. The Bertz CT molecular complexity index is 1240. The Balaban J connectivity index is 1.78. The number of benzene rings is 1. The molecule has 0 saturated heterocycles. The summed E-state index contributed by atoms with van der Waals surface area (Å²) >= 11 is 1.28. The third-order valence-corrected chi connectivity index (χ3v) is 8.24. The Morgan fingerprint density at radius 2 is 1.88 bits per heavy atom. The highest BCUT2D eigenvalue weighted by atomic mass is 32.2. The number of amides is 1. The average Bonchev–Trinajstić information content (AvgIpc) is 3.36. The molecule has 0 bridgehead atoms. The average molecular weight is 494 g/mol. The number of aryl methyl sites for hydroxylation is 1. The van der Waals surface area contributed by atoms with E-state index in [2.05, 4.69) is 15.5 Å². The maximum atomic E-state index is 12.9. The Morgan fingerprint density at radius 1 is 1.18 bits per heavy atom. The van der Waals surface area contributed by atoms with Crippen LogP contribution in [0.25, 0.3) is 11.0 Å². The van der Waals surface area contributed by atoms with Gasteiger partial charge in [-0.1, -0.05) is 51.5 Å². The van der Waals surface area contributed by atoms with Gasteiger partial charge < -0.3 is 9.09 Å². The lowest BCUT2D eigenvalue weighted by Crippen LogP contribution is -2.30. The summed E-state index contributed by atoms with van der Waals surface area (Å²) in [6.07, 6.45) is 0. The van der Waals surface area contributed by atoms with Gasteiger partial charge in [0.15, 0.2) is 5.16 Å². The van der Waals surface area contributed by atoms with Crippen molar-refractivity contribution in [2.75, 3.05) is 24.2 Å². The number of sulfonamides is 1. The number of carbonyl (C=O) groups is 1. The molecule has 180 valence electrons. The first-order chi connectivity index (χ1) is 15.5. The van der Waals surface area contributed by atoms with E-state index in [9.17, 15) is 13.2 Å². The maximum absolute atomic E-state index is 12.9. The lowest BCUT2D eigenvalue weighted by Gasteiger charge is -2.18. The number of fused-ring (bicyclic) bond motifs is 1. The number of hydrogen-bond donors (Lipinski definition) is 1. The van der Waals surface area contributed by atoms with Gasteiger partial charge in [-0.15, -0.1) is 0 Å². The maximum Gasteiger partial charge on any atom is 0.243 e. The molecule has 0 fully saturated rings. The van der Waals surface area contributed by atoms with Gasteiger partial charge in [0.1, 0.15) is 0 Å². The molecule has 0 spiro atoms. The molecule has 1 amide bonds. The molecule has 0 saturated carbocycles. The zero-order valence-corrected chi connectivity index (χ0v) is 21.5. The molecule has 33 heavy (non-hydrogen) atoms. The fourth-order valence-electron chi connectivity index (χ4n) is 3.37. The van der Waals surface area contributed by atoms with Crippen molar-refractivity contribution in [1.29, 1.82) is 0 Å². The molecule has 3 rings (SSSR count). The highest BCUT2D eigenvalue weighted by Gasteiger charge is 2.23. The summed E-state index contributed by atoms with van der Waals surface area (Å²) in [4.78, 5) is 17.3. The predicted molar refractivity (Wildman–Crippen MR) is 130 cm³/mol. The summed E-state index contributed by atoms with van der Waals surface area (Å²) < 4.78 is 34.3. The van der Waals surface area contributed by atoms with Crippen molar-refractivity contribution in [1.82, 2.24) is 19.0 Å². The third-order valence-electron chi connectivity index (χ3n) is 5.22. The molecule has 3 aromatic rings. The Hall–Kier alpha value is -2.37. The lowest BCUT2D eigenvalue weighted by molar-refractivity contribution is -0.113. The van der Waals surface area contributed by atoms with Crippen LogP contribution in [-0.2, 0) is 26.8 Å². The number of aromatic nitrogens is 3. The molecular weight excluding hydrogens is 462 g/mol. The van der Waals surface area contributed by atoms with Gasteiger partial charge in [-0.2, -0.15) is 4.31 Å². The van der Waals surface area contributed by atoms with Gasteiger partial charge in [-0.3, -0.25) is 10.1 Å². The number of anilines is 1. The fraction of sp³-hybridized carbons (Fsp3) is 0.500. The standard InChI is InChI=1S/C22H31N5O4S2/c1-7-26(8-2)33(29,30)15-10-11-17-16(12-15)23-21(27(17)9-3)32-14-19(28)24-20-13-18(25-31-20)22(4,5)6/h10-13H,7-9,14H2,1-6H3,(H,24,28). The molecule has 0 atom stereocenters. The summed E-state index contributed by atoms with van der Waals surface area (Å²) in [5.41, 5.74) is 1.99. The normalized spacial score (nSPS) is 12.6. The molecule has 0 aliphatic rings. The van der Waals surface area contributed by atoms with Crippen molar-refractivity contribution >= 4 is 44.6 Å². The fourth-order valence-corrected chi connectivity index (χ4v) is 5.72. The van der Waals surface area contributed by atoms with E-state index in [4.69, 9.17) is 4.52 Å². The highest BCUT2D eigenvalue weighted by molar-refractivity contribution is 7.99. The van der Waals surface area contributed by atoms with Crippen molar-refractivity contribution in [3.05, 3.63) is 30.0 Å². The van der Waals surface area contributed by atoms with Crippen molar-refractivity contribution in [3.8, 4) is 0 Å². The van der Waals surface area contributed by atoms with Crippen molar-refractivity contribution in [2.45, 2.75) is 63.6 Å². The van der Waals surface area contributed by atoms with Gasteiger partial charge in [0.25, 0.3) is 0 Å². The van der Waals surface area contributed by atoms with Crippen LogP contribution >= 0.6 is 11.8 Å². The van der Waals surface area contributed by atoms with E-state index in [1.165, 1.54) is 16.1 Å². The second kappa shape index (κ2) is 9.86. The zero-order chi connectivity index (χ0) is 24.4. The predicted octanol–water partition coefficient (Wildman–Crippen LogP) is 4.10. The second-order valence-electron chi connectivity index (χ2n) is 8.54. The van der Waals surface area contributed by atoms with Crippen molar-refractivity contribution < 1.29 is 17.7 Å². The molecule has 0 aliphatic carbocycles. The van der Waals surface area contributed by atoms with Crippen LogP contribution in [0, 0.1) is 0 Å². The Kier molecular flexibility index (Phi) is 7.55. The SMILES string of the molecule is CCN(CC)S(=O)(=O)c1ccc2c(c1)nc(SCC(=O)Nc1cc(C(C)(C)C)no1)n2CC. The van der Waals surface area contributed by atoms with E-state index < -0.39 is 10.0 Å². The minimum Gasteiger partial charge on any atom is -0.338 e. The van der Waals surface area contributed by atoms with Crippen molar-refractivity contribution in [3.63, 3.8) is 0 Å². The molecule has 9 nitrogen and oxygen atoms in total. The molecule has 0 aliphatic heterocycles. The van der Waals surface area contributed by atoms with Crippen LogP contribution in [0.1, 0.15) is 47.2 Å². The Morgan fingerprint density at radius 3 is 2.45 bits per heavy atom. The van der Waals surface area contributed by atoms with Crippen LogP contribution in [0.5, 0.6) is 0 Å². The number of nitrogens with zero attached hydrogens (tertiary/aromatic N) is 4. The first kappa shape index (κ1) is 25.3. The zero-order valence-electron chi connectivity index (χ0n) is 19.9. The molecular formula is C22H31N5O4S2. The Labute approximate surface area is 199 Å². The molecule has 1 N–H and O–H groups in total. The minimum atomic E-state index is -3.58. The van der Waals surface area contributed by atoms with E-state index >= 15 is 0 Å². The molecule has 0 radical (unpaired) electrons. The van der Waals surface area contributed by atoms with Gasteiger partial charge in [0.2, 0.25) is 21.8 Å². The first-order valence-corrected chi connectivity index (χ1v) is 13.3. The minimum absolute atomic E-state index is 0.124. The molecule has 1 aromatic carbocycles. The number of nitrogens with one attached hydrogen (secondary N) is 1. The largest absolute Gasteiger partial charge is 0.338 e. The molecule has 2 heterocycles. The number of thioether (sulfide) groups is 1. The van der Waals surface area contributed by atoms with Gasteiger partial charge in [-0.25, -0.2) is 13.4 Å². The van der Waals surface area contributed by atoms with E-state index in [1.807, 2.05) is 46.1 Å². The smallest absolute Gasteiger partial charge is 0.243 e. The first-order valence-electron chi connectivity index (χ1n) is 10.9. The van der Waals surface area contributed by atoms with Crippen LogP contribution in [0.2, 0.25) is 0 Å². The van der Waals surface area contributed by atoms with Gasteiger partial charge in [0.05, 0.1) is 27.4 Å². The monoisotopic (exact) mass is 493 g/mol. The van der Waals surface area contributed by atoms with Gasteiger partial charge in [0, 0.05) is 31.1 Å². The number of hydrogen-bond acceptors (Lipinski definition) is 7. The topological polar surface area (TPSA) is 110 Å². The van der Waals surface area contributed by atoms with Crippen LogP contribution in [0.3, 0.4) is 0 Å². The molecule has 2 aromatic heterocycles. The number of imidazole rings is 1. The molecule has 0 unspecified atom stereocenters. The van der Waals surface area contributed by atoms with Crippen molar-refractivity contribution in [2.24, 2.45) is 0 Å². The summed E-state index contributed by atoms with van der Waals surface area (Å²) in [6.45, 7) is 13.1. The summed E-state index contributed by atoms with van der Waals surface area (Å²) in [5, 5.41) is 7.37. The van der Waals surface area contributed by atoms with Gasteiger partial charge >= 0.3 is 0 Å². The number of rotatable bonds is 9. The van der Waals surface area contributed by atoms with Gasteiger partial charge in [-0.05, 0) is 25.1 Å². The van der Waals surface area contributed by atoms with E-state index in [1.54, 1.807) is 24.3 Å². The summed E-state index contributed by atoms with van der Waals surface area (Å²) in [7, 11) is -3.58. The van der Waals surface area contributed by atoms with Crippen LogP contribution in [-0.4, -0.2) is 52.2 Å². The van der Waals surface area contributed by atoms with E-state index in [0.717, 1.165) is 11.2 Å². The lowest BCUT2D eigenvalue weighted by atomic mass is 9.92. The molecule has 11 heteroatoms. The van der Waals surface area contributed by atoms with Crippen LogP contribution in [0.15, 0.2) is 38.8 Å². The third kappa shape index (κ3) is 5.42. The number of carbonyl (C=O) groups excluding carboxylic acids is 1. The second-order valence-corrected chi connectivity index (χ2v) is 11.4. The van der Waals surface area contributed by atoms with E-state index in [-0.39, 0.29) is 22.0 Å². The summed E-state index contributed by atoms with van der Waals surface area (Å²) in [5.74, 6) is 0.191. The quantitative estimate of drug-likeness (QED) is 0.447. The van der Waals surface area contributed by atoms with Crippen LogP contribution < -0.4 is 5.32 Å².